The van der Waals surface area contributed by atoms with Crippen molar-refractivity contribution in [3.8, 4) is 17.4 Å². The summed E-state index contributed by atoms with van der Waals surface area (Å²) in [5.74, 6) is -1.94. The van der Waals surface area contributed by atoms with Gasteiger partial charge < -0.3 is 34.5 Å². The summed E-state index contributed by atoms with van der Waals surface area (Å²) in [6.07, 6.45) is 1.18. The minimum absolute atomic E-state index is 0.0316. The van der Waals surface area contributed by atoms with Gasteiger partial charge in [-0.05, 0) is 32.2 Å². The van der Waals surface area contributed by atoms with E-state index in [1.165, 1.54) is 17.3 Å². The number of anilines is 3. The number of ether oxygens (including phenoxy) is 2. The Hall–Kier alpha value is -4.45. The molecule has 0 radical (unpaired) electrons. The molecule has 1 saturated heterocycles. The van der Waals surface area contributed by atoms with E-state index in [0.29, 0.717) is 17.1 Å². The predicted octanol–water partition coefficient (Wildman–Crippen LogP) is 4.54. The first-order valence-electron chi connectivity index (χ1n) is 12.8. The highest BCUT2D eigenvalue weighted by Crippen LogP contribution is 2.37. The number of aromatic nitrogens is 3. The highest BCUT2D eigenvalue weighted by molar-refractivity contribution is 6.01. The quantitative estimate of drug-likeness (QED) is 0.346. The Morgan fingerprint density at radius 1 is 1.07 bits per heavy atom. The Labute approximate surface area is 230 Å². The second-order valence-corrected chi connectivity index (χ2v) is 9.92. The number of H-pyrrole nitrogens is 1. The third kappa shape index (κ3) is 5.22. The lowest BCUT2D eigenvalue weighted by molar-refractivity contribution is 0.0825. The van der Waals surface area contributed by atoms with Crippen molar-refractivity contribution in [2.24, 2.45) is 0 Å². The minimum Gasteiger partial charge on any atom is -0.494 e. The van der Waals surface area contributed by atoms with E-state index in [4.69, 9.17) is 9.47 Å². The summed E-state index contributed by atoms with van der Waals surface area (Å²) >= 11 is 0. The number of nitrogens with zero attached hydrogens (tertiary/aromatic N) is 5. The number of piperazine rings is 1. The number of hydrogen-bond acceptors (Lipinski definition) is 8. The number of aryl methyl sites for hydroxylation is 1. The van der Waals surface area contributed by atoms with Gasteiger partial charge in [-0.2, -0.15) is 0 Å². The molecule has 0 atom stereocenters. The van der Waals surface area contributed by atoms with Crippen LogP contribution < -0.4 is 19.7 Å². The molecule has 10 nitrogen and oxygen atoms in total. The maximum absolute atomic E-state index is 15.3. The van der Waals surface area contributed by atoms with E-state index in [1.54, 1.807) is 28.1 Å². The lowest BCUT2D eigenvalue weighted by Crippen LogP contribution is -2.44. The van der Waals surface area contributed by atoms with E-state index in [9.17, 15) is 9.18 Å². The van der Waals surface area contributed by atoms with Crippen LogP contribution in [0.25, 0.3) is 10.9 Å². The predicted molar refractivity (Wildman–Crippen MR) is 149 cm³/mol. The average molecular weight is 552 g/mol. The number of rotatable bonds is 7. The van der Waals surface area contributed by atoms with Crippen LogP contribution in [-0.4, -0.2) is 85.1 Å². The van der Waals surface area contributed by atoms with E-state index in [-0.39, 0.29) is 28.2 Å². The molecular formula is C28H31F2N7O3. The van der Waals surface area contributed by atoms with Gasteiger partial charge in [-0.3, -0.25) is 4.79 Å². The second-order valence-electron chi connectivity index (χ2n) is 9.92. The number of aromatic amines is 1. The summed E-state index contributed by atoms with van der Waals surface area (Å²) in [4.78, 5) is 30.3. The van der Waals surface area contributed by atoms with Gasteiger partial charge in [0.1, 0.15) is 17.6 Å². The lowest BCUT2D eigenvalue weighted by Gasteiger charge is -2.34. The Kier molecular flexibility index (Phi) is 7.44. The molecule has 40 heavy (non-hydrogen) atoms. The summed E-state index contributed by atoms with van der Waals surface area (Å²) in [6, 6.07) is 8.14. The third-order valence-corrected chi connectivity index (χ3v) is 6.85. The SMILES string of the molecule is COc1cc(N2CCN(C)CC2)ccc1Nc1ncnc(Oc2cc(F)c3[nH]c(C)cc3c2F)c1C(=O)N(C)C. The zero-order valence-electron chi connectivity index (χ0n) is 23.0. The largest absolute Gasteiger partial charge is 0.494 e. The highest BCUT2D eigenvalue weighted by atomic mass is 19.1. The molecule has 210 valence electrons. The van der Waals surface area contributed by atoms with Gasteiger partial charge in [0.15, 0.2) is 23.2 Å². The van der Waals surface area contributed by atoms with Gasteiger partial charge in [0.25, 0.3) is 5.91 Å². The van der Waals surface area contributed by atoms with Crippen LogP contribution in [0.5, 0.6) is 17.4 Å². The monoisotopic (exact) mass is 551 g/mol. The van der Waals surface area contributed by atoms with Crippen molar-refractivity contribution in [2.45, 2.75) is 6.92 Å². The zero-order valence-corrected chi connectivity index (χ0v) is 23.0. The van der Waals surface area contributed by atoms with Crippen molar-refractivity contribution in [3.05, 3.63) is 59.6 Å². The average Bonchev–Trinajstić information content (AvgIpc) is 3.34. The van der Waals surface area contributed by atoms with Crippen molar-refractivity contribution < 1.29 is 23.0 Å². The number of benzene rings is 2. The topological polar surface area (TPSA) is 98.8 Å². The van der Waals surface area contributed by atoms with Crippen LogP contribution >= 0.6 is 0 Å². The minimum atomic E-state index is -0.779. The normalized spacial score (nSPS) is 13.9. The number of likely N-dealkylation sites (N-methyl/N-ethyl adjacent to an activating group) is 1. The Morgan fingerprint density at radius 2 is 1.82 bits per heavy atom. The molecule has 1 amide bonds. The zero-order chi connectivity index (χ0) is 28.6. The van der Waals surface area contributed by atoms with E-state index in [2.05, 4.69) is 37.1 Å². The lowest BCUT2D eigenvalue weighted by atomic mass is 10.2. The first-order chi connectivity index (χ1) is 19.2. The smallest absolute Gasteiger partial charge is 0.262 e. The molecule has 1 aliphatic rings. The fourth-order valence-electron chi connectivity index (χ4n) is 4.64. The van der Waals surface area contributed by atoms with Crippen LogP contribution in [0.2, 0.25) is 0 Å². The second kappa shape index (κ2) is 11.0. The van der Waals surface area contributed by atoms with Gasteiger partial charge in [0, 0.05) is 69.2 Å². The van der Waals surface area contributed by atoms with Crippen LogP contribution in [0.4, 0.5) is 26.0 Å². The van der Waals surface area contributed by atoms with Crippen molar-refractivity contribution in [1.82, 2.24) is 24.8 Å². The Balaban J connectivity index is 1.51. The molecule has 4 aromatic rings. The molecule has 0 spiro atoms. The maximum atomic E-state index is 15.3. The van der Waals surface area contributed by atoms with Gasteiger partial charge in [-0.1, -0.05) is 0 Å². The Bertz CT molecular complexity index is 1570. The molecule has 5 rings (SSSR count). The molecule has 2 N–H and O–H groups in total. The van der Waals surface area contributed by atoms with E-state index in [0.717, 1.165) is 37.9 Å². The van der Waals surface area contributed by atoms with Gasteiger partial charge in [0.05, 0.1) is 18.3 Å². The fourth-order valence-corrected chi connectivity index (χ4v) is 4.64. The molecule has 2 aromatic carbocycles. The summed E-state index contributed by atoms with van der Waals surface area (Å²) in [5.41, 5.74) is 2.14. The van der Waals surface area contributed by atoms with Crippen LogP contribution in [0.1, 0.15) is 16.1 Å². The van der Waals surface area contributed by atoms with Crippen LogP contribution in [0.15, 0.2) is 36.7 Å². The van der Waals surface area contributed by atoms with Crippen molar-refractivity contribution in [1.29, 1.82) is 0 Å². The number of amides is 1. The van der Waals surface area contributed by atoms with Crippen LogP contribution in [0, 0.1) is 18.6 Å². The molecule has 0 saturated carbocycles. The van der Waals surface area contributed by atoms with Crippen LogP contribution in [-0.2, 0) is 0 Å². The summed E-state index contributed by atoms with van der Waals surface area (Å²) in [7, 11) is 6.78. The number of hydrogen-bond donors (Lipinski definition) is 2. The molecule has 12 heteroatoms. The standard InChI is InChI=1S/C28H31F2N7O3/c1-16-12-18-24(30)22(14-19(29)25(18)33-16)40-27-23(28(38)35(2)3)26(31-15-32-27)34-20-7-6-17(13-21(20)39-5)37-10-8-36(4)9-11-37/h6-7,12-15,33H,8-11H2,1-5H3,(H,31,32,34). The summed E-state index contributed by atoms with van der Waals surface area (Å²) in [6.45, 7) is 5.41. The molecule has 2 aromatic heterocycles. The van der Waals surface area contributed by atoms with E-state index >= 15 is 4.39 Å². The first kappa shape index (κ1) is 27.1. The van der Waals surface area contributed by atoms with Gasteiger partial charge >= 0.3 is 0 Å². The van der Waals surface area contributed by atoms with Gasteiger partial charge in [0.2, 0.25) is 5.88 Å². The number of carbonyl (C=O) groups excluding carboxylic acids is 1. The third-order valence-electron chi connectivity index (χ3n) is 6.85. The molecule has 0 unspecified atom stereocenters. The van der Waals surface area contributed by atoms with Crippen molar-refractivity contribution in [3.63, 3.8) is 0 Å². The van der Waals surface area contributed by atoms with E-state index in [1.807, 2.05) is 18.2 Å². The summed E-state index contributed by atoms with van der Waals surface area (Å²) in [5, 5.41) is 3.18. The summed E-state index contributed by atoms with van der Waals surface area (Å²) < 4.78 is 41.5. The molecular weight excluding hydrogens is 520 g/mol. The molecule has 0 aliphatic carbocycles. The molecule has 0 bridgehead atoms. The number of fused-ring (bicyclic) bond motifs is 1. The molecule has 1 fully saturated rings. The van der Waals surface area contributed by atoms with Gasteiger partial charge in [-0.15, -0.1) is 0 Å². The van der Waals surface area contributed by atoms with Crippen LogP contribution in [0.3, 0.4) is 0 Å². The van der Waals surface area contributed by atoms with Gasteiger partial charge in [-0.25, -0.2) is 18.7 Å². The Morgan fingerprint density at radius 3 is 2.52 bits per heavy atom. The number of methoxy groups -OCH3 is 1. The van der Waals surface area contributed by atoms with E-state index < -0.39 is 23.3 Å². The molecule has 3 heterocycles. The van der Waals surface area contributed by atoms with Crippen molar-refractivity contribution in [2.75, 3.05) is 64.6 Å². The number of nitrogens with one attached hydrogen (secondary N) is 2. The highest BCUT2D eigenvalue weighted by Gasteiger charge is 2.26. The first-order valence-corrected chi connectivity index (χ1v) is 12.8. The molecule has 1 aliphatic heterocycles. The maximum Gasteiger partial charge on any atom is 0.262 e. The number of carbonyl (C=O) groups is 1. The van der Waals surface area contributed by atoms with Crippen molar-refractivity contribution >= 4 is 34.0 Å². The number of halogens is 2. The fraction of sp³-hybridized carbons (Fsp3) is 0.321.